The van der Waals surface area contributed by atoms with E-state index < -0.39 is 0 Å². The highest BCUT2D eigenvalue weighted by molar-refractivity contribution is 5.85. The summed E-state index contributed by atoms with van der Waals surface area (Å²) >= 11 is 0. The predicted molar refractivity (Wildman–Crippen MR) is 97.7 cm³/mol. The van der Waals surface area contributed by atoms with Crippen LogP contribution in [0.2, 0.25) is 0 Å². The molecule has 1 amide bonds. The van der Waals surface area contributed by atoms with Crippen LogP contribution in [0.3, 0.4) is 0 Å². The van der Waals surface area contributed by atoms with E-state index in [1.165, 1.54) is 0 Å². The lowest BCUT2D eigenvalue weighted by atomic mass is 10.1. The minimum absolute atomic E-state index is 0. The Labute approximate surface area is 152 Å². The maximum Gasteiger partial charge on any atom is 0.239 e. The summed E-state index contributed by atoms with van der Waals surface area (Å²) in [6.07, 6.45) is 2.44. The number of carbonyl (C=O) groups excluding carboxylic acids is 1. The summed E-state index contributed by atoms with van der Waals surface area (Å²) < 4.78 is 5.94. The monoisotopic (exact) mass is 360 g/mol. The largest absolute Gasteiger partial charge is 0.374 e. The summed E-state index contributed by atoms with van der Waals surface area (Å²) in [6, 6.07) is 0.664. The van der Waals surface area contributed by atoms with Gasteiger partial charge in [0.1, 0.15) is 0 Å². The molecule has 0 saturated carbocycles. The fourth-order valence-electron chi connectivity index (χ4n) is 3.88. The molecule has 0 spiro atoms. The second-order valence-corrected chi connectivity index (χ2v) is 7.36. The molecular formula is C17H33ClN4O2. The predicted octanol–water partition coefficient (Wildman–Crippen LogP) is 0.414. The average Bonchev–Trinajstić information content (AvgIpc) is 3.09. The van der Waals surface area contributed by atoms with Crippen LogP contribution in [0.15, 0.2) is 0 Å². The summed E-state index contributed by atoms with van der Waals surface area (Å²) in [7, 11) is 0. The van der Waals surface area contributed by atoms with E-state index in [0.29, 0.717) is 18.1 Å². The van der Waals surface area contributed by atoms with Gasteiger partial charge in [-0.2, -0.15) is 0 Å². The van der Waals surface area contributed by atoms with E-state index in [1.807, 2.05) is 4.90 Å². The molecule has 140 valence electrons. The van der Waals surface area contributed by atoms with Crippen molar-refractivity contribution in [3.63, 3.8) is 0 Å². The zero-order valence-corrected chi connectivity index (χ0v) is 15.9. The lowest BCUT2D eigenvalue weighted by molar-refractivity contribution is -0.135. The first-order valence-electron chi connectivity index (χ1n) is 9.23. The van der Waals surface area contributed by atoms with Crippen LogP contribution < -0.4 is 5.32 Å². The third kappa shape index (κ3) is 5.05. The molecule has 0 aromatic heterocycles. The van der Waals surface area contributed by atoms with Crippen LogP contribution in [-0.4, -0.2) is 97.8 Å². The third-order valence-corrected chi connectivity index (χ3v) is 5.40. The number of rotatable bonds is 4. The zero-order chi connectivity index (χ0) is 16.2. The number of morpholine rings is 1. The SMILES string of the molecule is CC(C)N1CCOC(CN2CCN(C(=O)C3CCCN3)CC2)C1.Cl. The Bertz CT molecular complexity index is 396. The van der Waals surface area contributed by atoms with Gasteiger partial charge in [0.05, 0.1) is 18.8 Å². The first-order valence-corrected chi connectivity index (χ1v) is 9.23. The standard InChI is InChI=1S/C17H32N4O2.ClH/c1-14(2)21-10-11-23-15(13-21)12-19-6-8-20(9-7-19)17(22)16-4-3-5-18-16;/h14-16,18H,3-13H2,1-2H3;1H. The number of piperazine rings is 1. The quantitative estimate of drug-likeness (QED) is 0.787. The van der Waals surface area contributed by atoms with E-state index in [1.54, 1.807) is 0 Å². The molecule has 3 rings (SSSR count). The van der Waals surface area contributed by atoms with Gasteiger partial charge in [-0.25, -0.2) is 0 Å². The van der Waals surface area contributed by atoms with Crippen molar-refractivity contribution in [1.82, 2.24) is 20.0 Å². The first-order chi connectivity index (χ1) is 11.1. The van der Waals surface area contributed by atoms with Gasteiger partial charge in [0.25, 0.3) is 0 Å². The molecule has 0 aliphatic carbocycles. The highest BCUT2D eigenvalue weighted by Gasteiger charge is 2.30. The van der Waals surface area contributed by atoms with Crippen LogP contribution in [0, 0.1) is 0 Å². The Morgan fingerprint density at radius 2 is 1.96 bits per heavy atom. The Balaban J connectivity index is 0.00000208. The van der Waals surface area contributed by atoms with Gasteiger partial charge in [0, 0.05) is 51.9 Å². The number of carbonyl (C=O) groups is 1. The highest BCUT2D eigenvalue weighted by atomic mass is 35.5. The Morgan fingerprint density at radius 1 is 1.21 bits per heavy atom. The van der Waals surface area contributed by atoms with E-state index in [0.717, 1.165) is 71.8 Å². The zero-order valence-electron chi connectivity index (χ0n) is 15.1. The molecule has 0 bridgehead atoms. The average molecular weight is 361 g/mol. The van der Waals surface area contributed by atoms with Gasteiger partial charge in [0.15, 0.2) is 0 Å². The third-order valence-electron chi connectivity index (χ3n) is 5.40. The molecule has 3 fully saturated rings. The molecule has 3 aliphatic heterocycles. The Kier molecular flexibility index (Phi) is 7.75. The summed E-state index contributed by atoms with van der Waals surface area (Å²) in [5.74, 6) is 0.307. The van der Waals surface area contributed by atoms with Crippen molar-refractivity contribution in [2.75, 3.05) is 59.0 Å². The van der Waals surface area contributed by atoms with Crippen molar-refractivity contribution in [3.05, 3.63) is 0 Å². The minimum Gasteiger partial charge on any atom is -0.374 e. The normalized spacial score (nSPS) is 29.7. The van der Waals surface area contributed by atoms with Gasteiger partial charge in [-0.1, -0.05) is 0 Å². The van der Waals surface area contributed by atoms with Gasteiger partial charge in [-0.3, -0.25) is 14.6 Å². The van der Waals surface area contributed by atoms with Gasteiger partial charge in [-0.05, 0) is 33.2 Å². The van der Waals surface area contributed by atoms with Gasteiger partial charge in [-0.15, -0.1) is 12.4 Å². The van der Waals surface area contributed by atoms with Crippen LogP contribution in [0.5, 0.6) is 0 Å². The van der Waals surface area contributed by atoms with Crippen LogP contribution >= 0.6 is 12.4 Å². The molecule has 0 radical (unpaired) electrons. The van der Waals surface area contributed by atoms with Crippen molar-refractivity contribution in [2.24, 2.45) is 0 Å². The first kappa shape index (κ1) is 19.9. The highest BCUT2D eigenvalue weighted by Crippen LogP contribution is 2.14. The summed E-state index contributed by atoms with van der Waals surface area (Å²) in [5, 5.41) is 3.32. The van der Waals surface area contributed by atoms with Crippen LogP contribution in [0.25, 0.3) is 0 Å². The van der Waals surface area contributed by atoms with Crippen molar-refractivity contribution < 1.29 is 9.53 Å². The molecule has 0 aromatic carbocycles. The number of amides is 1. The number of nitrogens with zero attached hydrogens (tertiary/aromatic N) is 3. The summed E-state index contributed by atoms with van der Waals surface area (Å²) in [5.41, 5.74) is 0. The molecule has 7 heteroatoms. The lowest BCUT2D eigenvalue weighted by Crippen LogP contribution is -2.56. The molecule has 3 saturated heterocycles. The van der Waals surface area contributed by atoms with Crippen molar-refractivity contribution >= 4 is 18.3 Å². The van der Waals surface area contributed by atoms with E-state index in [4.69, 9.17) is 4.74 Å². The van der Waals surface area contributed by atoms with E-state index >= 15 is 0 Å². The molecule has 3 aliphatic rings. The van der Waals surface area contributed by atoms with Crippen LogP contribution in [-0.2, 0) is 9.53 Å². The Hall–Kier alpha value is -0.400. The fourth-order valence-corrected chi connectivity index (χ4v) is 3.88. The summed E-state index contributed by atoms with van der Waals surface area (Å²) in [6.45, 7) is 13.1. The van der Waals surface area contributed by atoms with Crippen molar-refractivity contribution in [3.8, 4) is 0 Å². The molecular weight excluding hydrogens is 328 g/mol. The number of hydrogen-bond acceptors (Lipinski definition) is 5. The van der Waals surface area contributed by atoms with E-state index in [2.05, 4.69) is 29.0 Å². The van der Waals surface area contributed by atoms with E-state index in [9.17, 15) is 4.79 Å². The number of nitrogens with one attached hydrogen (secondary N) is 1. The molecule has 2 atom stereocenters. The number of ether oxygens (including phenoxy) is 1. The number of hydrogen-bond donors (Lipinski definition) is 1. The van der Waals surface area contributed by atoms with Gasteiger partial charge >= 0.3 is 0 Å². The number of halogens is 1. The smallest absolute Gasteiger partial charge is 0.239 e. The molecule has 24 heavy (non-hydrogen) atoms. The van der Waals surface area contributed by atoms with Crippen molar-refractivity contribution in [1.29, 1.82) is 0 Å². The maximum absolute atomic E-state index is 12.4. The second kappa shape index (κ2) is 9.34. The van der Waals surface area contributed by atoms with Crippen molar-refractivity contribution in [2.45, 2.75) is 44.9 Å². The van der Waals surface area contributed by atoms with E-state index in [-0.39, 0.29) is 18.4 Å². The van der Waals surface area contributed by atoms with Gasteiger partial charge in [0.2, 0.25) is 5.91 Å². The molecule has 2 unspecified atom stereocenters. The minimum atomic E-state index is 0. The van der Waals surface area contributed by atoms with Crippen LogP contribution in [0.1, 0.15) is 26.7 Å². The molecule has 0 aromatic rings. The second-order valence-electron chi connectivity index (χ2n) is 7.36. The van der Waals surface area contributed by atoms with Crippen LogP contribution in [0.4, 0.5) is 0 Å². The molecule has 6 nitrogen and oxygen atoms in total. The Morgan fingerprint density at radius 3 is 2.58 bits per heavy atom. The topological polar surface area (TPSA) is 48.1 Å². The lowest BCUT2D eigenvalue weighted by Gasteiger charge is -2.40. The summed E-state index contributed by atoms with van der Waals surface area (Å²) in [4.78, 5) is 19.4. The van der Waals surface area contributed by atoms with Gasteiger partial charge < -0.3 is 15.0 Å². The molecule has 3 heterocycles. The molecule has 1 N–H and O–H groups in total. The fraction of sp³-hybridized carbons (Fsp3) is 0.941. The maximum atomic E-state index is 12.4.